The summed E-state index contributed by atoms with van der Waals surface area (Å²) in [5, 5.41) is 10.7. The van der Waals surface area contributed by atoms with Gasteiger partial charge in [0.15, 0.2) is 0 Å². The van der Waals surface area contributed by atoms with Crippen LogP contribution in [0.5, 0.6) is 5.75 Å². The summed E-state index contributed by atoms with van der Waals surface area (Å²) in [7, 11) is 0. The lowest BCUT2D eigenvalue weighted by atomic mass is 10.1. The summed E-state index contributed by atoms with van der Waals surface area (Å²) in [5.74, 6) is -3.92. The number of carbonyl (C=O) groups excluding carboxylic acids is 3. The van der Waals surface area contributed by atoms with Gasteiger partial charge in [-0.3, -0.25) is 25.2 Å². The first-order valence-electron chi connectivity index (χ1n) is 8.04. The third kappa shape index (κ3) is 3.66. The minimum absolute atomic E-state index is 0.00656. The number of ether oxygens (including phenoxy) is 1. The van der Waals surface area contributed by atoms with E-state index in [4.69, 9.17) is 0 Å². The number of nitrogens with one attached hydrogen (secondary N) is 2. The van der Waals surface area contributed by atoms with E-state index in [2.05, 4.69) is 4.74 Å². The Bertz CT molecular complexity index is 919. The van der Waals surface area contributed by atoms with Crippen LogP contribution in [0, 0.1) is 0 Å². The molecule has 3 N–H and O–H groups in total. The van der Waals surface area contributed by atoms with Crippen molar-refractivity contribution >= 4 is 28.7 Å². The second kappa shape index (κ2) is 8.15. The monoisotopic (exact) mass is 361 g/mol. The first-order chi connectivity index (χ1) is 12.4. The molecule has 0 unspecified atom stereocenters. The molecule has 0 aliphatic rings. The Morgan fingerprint density at radius 2 is 1.85 bits per heavy atom. The minimum atomic E-state index is -1.20. The van der Waals surface area contributed by atoms with Crippen LogP contribution >= 0.6 is 0 Å². The van der Waals surface area contributed by atoms with Crippen molar-refractivity contribution in [3.05, 3.63) is 40.2 Å². The number of pyridine rings is 1. The lowest BCUT2D eigenvalue weighted by molar-refractivity contribution is -0.154. The van der Waals surface area contributed by atoms with Crippen LogP contribution in [0.1, 0.15) is 30.6 Å². The highest BCUT2D eigenvalue weighted by Crippen LogP contribution is 2.26. The largest absolute Gasteiger partial charge is 0.506 e. The average molecular weight is 361 g/mol. The second-order valence-electron chi connectivity index (χ2n) is 5.33. The second-order valence-corrected chi connectivity index (χ2v) is 5.33. The lowest BCUT2D eigenvalue weighted by Crippen LogP contribution is -2.47. The van der Waals surface area contributed by atoms with Gasteiger partial charge < -0.3 is 14.4 Å². The molecule has 2 rings (SSSR count). The van der Waals surface area contributed by atoms with Gasteiger partial charge in [0.2, 0.25) is 0 Å². The smallest absolute Gasteiger partial charge is 0.398 e. The molecule has 0 saturated carbocycles. The van der Waals surface area contributed by atoms with E-state index in [9.17, 15) is 24.3 Å². The molecular weight excluding hydrogens is 342 g/mol. The number of esters is 1. The number of aromatic nitrogens is 1. The first kappa shape index (κ1) is 19.0. The zero-order chi connectivity index (χ0) is 19.3. The summed E-state index contributed by atoms with van der Waals surface area (Å²) in [6, 6.07) is 6.61. The van der Waals surface area contributed by atoms with Crippen LogP contribution < -0.4 is 16.4 Å². The van der Waals surface area contributed by atoms with Crippen molar-refractivity contribution in [2.75, 3.05) is 6.61 Å². The predicted octanol–water partition coefficient (Wildman–Crippen LogP) is 0.441. The number of aromatic hydroxyl groups is 1. The molecule has 2 aromatic rings. The number of nitrogens with zero attached hydrogens (tertiary/aromatic N) is 1. The van der Waals surface area contributed by atoms with E-state index in [1.807, 2.05) is 17.8 Å². The Balaban J connectivity index is 2.39. The highest BCUT2D eigenvalue weighted by atomic mass is 16.5. The molecular formula is C17H19N3O6. The van der Waals surface area contributed by atoms with Crippen LogP contribution in [0.25, 0.3) is 10.9 Å². The van der Waals surface area contributed by atoms with Crippen molar-refractivity contribution < 1.29 is 24.2 Å². The maximum atomic E-state index is 12.7. The molecule has 138 valence electrons. The molecule has 2 amide bonds. The van der Waals surface area contributed by atoms with Gasteiger partial charge in [-0.2, -0.15) is 0 Å². The molecule has 0 atom stereocenters. The fraction of sp³-hybridized carbons (Fsp3) is 0.294. The molecule has 9 heteroatoms. The molecule has 0 aliphatic heterocycles. The summed E-state index contributed by atoms with van der Waals surface area (Å²) in [5.41, 5.74) is 3.05. The van der Waals surface area contributed by atoms with Crippen molar-refractivity contribution in [3.8, 4) is 5.75 Å². The van der Waals surface area contributed by atoms with Gasteiger partial charge in [-0.05, 0) is 25.5 Å². The molecule has 0 aliphatic carbocycles. The number of rotatable bonds is 4. The van der Waals surface area contributed by atoms with Gasteiger partial charge in [0.25, 0.3) is 11.5 Å². The maximum absolute atomic E-state index is 12.7. The van der Waals surface area contributed by atoms with Crippen molar-refractivity contribution in [3.63, 3.8) is 0 Å². The number of hydrogen-bond donors (Lipinski definition) is 3. The lowest BCUT2D eigenvalue weighted by Gasteiger charge is -2.14. The van der Waals surface area contributed by atoms with Crippen molar-refractivity contribution in [1.29, 1.82) is 0 Å². The quantitative estimate of drug-likeness (QED) is 0.412. The molecule has 0 spiro atoms. The fourth-order valence-corrected chi connectivity index (χ4v) is 2.46. The zero-order valence-electron chi connectivity index (χ0n) is 14.4. The highest BCUT2D eigenvalue weighted by molar-refractivity contribution is 6.32. The molecule has 9 nitrogen and oxygen atoms in total. The van der Waals surface area contributed by atoms with Gasteiger partial charge in [-0.25, -0.2) is 4.79 Å². The summed E-state index contributed by atoms with van der Waals surface area (Å²) < 4.78 is 5.85. The Labute approximate surface area is 148 Å². The zero-order valence-corrected chi connectivity index (χ0v) is 14.4. The normalized spacial score (nSPS) is 10.4. The Morgan fingerprint density at radius 3 is 2.50 bits per heavy atom. The molecule has 0 radical (unpaired) electrons. The number of fused-ring (bicyclic) bond motifs is 1. The van der Waals surface area contributed by atoms with Gasteiger partial charge in [0.1, 0.15) is 11.3 Å². The van der Waals surface area contributed by atoms with Crippen LogP contribution in [-0.4, -0.2) is 34.1 Å². The molecule has 0 fully saturated rings. The van der Waals surface area contributed by atoms with E-state index in [0.29, 0.717) is 23.9 Å². The van der Waals surface area contributed by atoms with Gasteiger partial charge in [0, 0.05) is 11.9 Å². The molecule has 0 bridgehead atoms. The summed E-state index contributed by atoms with van der Waals surface area (Å²) in [4.78, 5) is 47.7. The predicted molar refractivity (Wildman–Crippen MR) is 92.4 cm³/mol. The Kier molecular flexibility index (Phi) is 5.94. The number of hydrazine groups is 1. The molecule has 26 heavy (non-hydrogen) atoms. The third-order valence-electron chi connectivity index (χ3n) is 3.57. The number of carbonyl (C=O) groups is 3. The average Bonchev–Trinajstić information content (AvgIpc) is 2.63. The van der Waals surface area contributed by atoms with Crippen molar-refractivity contribution in [2.45, 2.75) is 26.8 Å². The van der Waals surface area contributed by atoms with Gasteiger partial charge in [0.05, 0.1) is 12.1 Å². The van der Waals surface area contributed by atoms with E-state index in [-0.39, 0.29) is 6.61 Å². The van der Waals surface area contributed by atoms with Crippen molar-refractivity contribution in [2.24, 2.45) is 0 Å². The number of hydrogen-bond acceptors (Lipinski definition) is 6. The van der Waals surface area contributed by atoms with Crippen molar-refractivity contribution in [1.82, 2.24) is 15.4 Å². The maximum Gasteiger partial charge on any atom is 0.398 e. The van der Waals surface area contributed by atoms with Gasteiger partial charge in [-0.15, -0.1) is 0 Å². The molecule has 0 saturated heterocycles. The van der Waals surface area contributed by atoms with Crippen LogP contribution in [-0.2, 0) is 20.9 Å². The summed E-state index contributed by atoms with van der Waals surface area (Å²) in [6.07, 6.45) is 0.634. The fourth-order valence-electron chi connectivity index (χ4n) is 2.46. The van der Waals surface area contributed by atoms with Crippen LogP contribution in [0.4, 0.5) is 0 Å². The van der Waals surface area contributed by atoms with E-state index in [0.717, 1.165) is 0 Å². The van der Waals surface area contributed by atoms with Crippen LogP contribution in [0.15, 0.2) is 29.1 Å². The van der Waals surface area contributed by atoms with E-state index in [1.165, 1.54) is 11.5 Å². The Morgan fingerprint density at radius 1 is 1.15 bits per heavy atom. The number of benzene rings is 1. The van der Waals surface area contributed by atoms with E-state index in [1.54, 1.807) is 24.3 Å². The Hall–Kier alpha value is -3.36. The minimum Gasteiger partial charge on any atom is -0.506 e. The topological polar surface area (TPSA) is 127 Å². The summed E-state index contributed by atoms with van der Waals surface area (Å²) >= 11 is 0. The molecule has 1 heterocycles. The summed E-state index contributed by atoms with van der Waals surface area (Å²) in [6.45, 7) is 3.73. The molecule has 1 aromatic heterocycles. The number of para-hydroxylation sites is 1. The first-order valence-corrected chi connectivity index (χ1v) is 8.04. The van der Waals surface area contributed by atoms with Crippen LogP contribution in [0.2, 0.25) is 0 Å². The van der Waals surface area contributed by atoms with E-state index < -0.39 is 34.7 Å². The third-order valence-corrected chi connectivity index (χ3v) is 3.57. The van der Waals surface area contributed by atoms with E-state index >= 15 is 0 Å². The SMILES string of the molecule is CCCn1c(=O)c(C(=O)NNC(=O)C(=O)OCC)c(O)c2ccccc21. The number of aryl methyl sites for hydroxylation is 1. The standard InChI is InChI=1S/C17H19N3O6/c1-3-9-20-11-8-6-5-7-10(11)13(21)12(16(20)24)14(22)18-19-15(23)17(25)26-4-2/h5-8,21H,3-4,9H2,1-2H3,(H,18,22)(H,19,23). The van der Waals surface area contributed by atoms with Gasteiger partial charge in [-0.1, -0.05) is 19.1 Å². The highest BCUT2D eigenvalue weighted by Gasteiger charge is 2.23. The van der Waals surface area contributed by atoms with Gasteiger partial charge >= 0.3 is 11.9 Å². The van der Waals surface area contributed by atoms with Crippen LogP contribution in [0.3, 0.4) is 0 Å². The molecule has 1 aromatic carbocycles. The number of amides is 2.